The Hall–Kier alpha value is -2.86. The molecule has 26 heavy (non-hydrogen) atoms. The van der Waals surface area contributed by atoms with Gasteiger partial charge in [0.15, 0.2) is 5.15 Å². The predicted octanol–water partition coefficient (Wildman–Crippen LogP) is 5.47. The molecule has 0 saturated carbocycles. The summed E-state index contributed by atoms with van der Waals surface area (Å²) in [4.78, 5) is 8.64. The van der Waals surface area contributed by atoms with Crippen molar-refractivity contribution >= 4 is 22.5 Å². The number of hydrogen-bond donors (Lipinski definition) is 0. The molecule has 0 aliphatic carbocycles. The summed E-state index contributed by atoms with van der Waals surface area (Å²) < 4.78 is 43.4. The Balaban J connectivity index is 2.01. The number of aromatic nitrogens is 3. The molecule has 2 aromatic carbocycles. The van der Waals surface area contributed by atoms with Crippen LogP contribution in [0.5, 0.6) is 0 Å². The van der Waals surface area contributed by atoms with Gasteiger partial charge in [-0.1, -0.05) is 29.8 Å². The van der Waals surface area contributed by atoms with Crippen LogP contribution < -0.4 is 0 Å². The molecule has 4 rings (SSSR count). The fourth-order valence-corrected chi connectivity index (χ4v) is 3.24. The van der Waals surface area contributed by atoms with Gasteiger partial charge in [0.25, 0.3) is 0 Å². The van der Waals surface area contributed by atoms with E-state index in [1.807, 2.05) is 30.3 Å². The van der Waals surface area contributed by atoms with Crippen molar-refractivity contribution in [2.75, 3.05) is 0 Å². The second-order valence-corrected chi connectivity index (χ2v) is 6.10. The first kappa shape index (κ1) is 16.6. The summed E-state index contributed by atoms with van der Waals surface area (Å²) in [5.41, 5.74) is 0.245. The summed E-state index contributed by atoms with van der Waals surface area (Å²) in [6.45, 7) is 1.64. The predicted molar refractivity (Wildman–Crippen MR) is 93.9 cm³/mol. The van der Waals surface area contributed by atoms with Crippen molar-refractivity contribution < 1.29 is 13.2 Å². The van der Waals surface area contributed by atoms with Crippen LogP contribution in [0.2, 0.25) is 5.15 Å². The number of fused-ring (bicyclic) bond motifs is 1. The third-order valence-electron chi connectivity index (χ3n) is 4.06. The van der Waals surface area contributed by atoms with Gasteiger partial charge in [-0.25, -0.2) is 23.1 Å². The van der Waals surface area contributed by atoms with Gasteiger partial charge in [0.1, 0.15) is 29.1 Å². The highest BCUT2D eigenvalue weighted by Gasteiger charge is 2.24. The molecule has 0 aliphatic rings. The summed E-state index contributed by atoms with van der Waals surface area (Å²) in [5, 5.41) is 0.822. The lowest BCUT2D eigenvalue weighted by Gasteiger charge is -2.12. The minimum atomic E-state index is -1.06. The number of aryl methyl sites for hydroxylation is 1. The lowest BCUT2D eigenvalue weighted by atomic mass is 10.1. The highest BCUT2D eigenvalue weighted by atomic mass is 35.5. The molecule has 3 nitrogen and oxygen atoms in total. The number of rotatable bonds is 2. The van der Waals surface area contributed by atoms with Crippen LogP contribution in [0.1, 0.15) is 5.82 Å². The molecule has 0 spiro atoms. The van der Waals surface area contributed by atoms with E-state index in [4.69, 9.17) is 11.6 Å². The highest BCUT2D eigenvalue weighted by molar-refractivity contribution is 6.32. The van der Waals surface area contributed by atoms with Gasteiger partial charge in [-0.05, 0) is 25.1 Å². The first-order valence-corrected chi connectivity index (χ1v) is 8.09. The number of halogens is 4. The van der Waals surface area contributed by atoms with E-state index in [2.05, 4.69) is 9.97 Å². The molecule has 0 aliphatic heterocycles. The summed E-state index contributed by atoms with van der Waals surface area (Å²) in [7, 11) is 0. The van der Waals surface area contributed by atoms with E-state index in [0.29, 0.717) is 29.3 Å². The van der Waals surface area contributed by atoms with Gasteiger partial charge in [-0.15, -0.1) is 0 Å². The van der Waals surface area contributed by atoms with Gasteiger partial charge in [0.05, 0.1) is 16.8 Å². The van der Waals surface area contributed by atoms with E-state index in [1.54, 1.807) is 13.0 Å². The topological polar surface area (TPSA) is 30.7 Å². The molecule has 0 saturated heterocycles. The summed E-state index contributed by atoms with van der Waals surface area (Å²) >= 11 is 6.15. The van der Waals surface area contributed by atoms with E-state index < -0.39 is 23.0 Å². The fourth-order valence-electron chi connectivity index (χ4n) is 2.94. The zero-order valence-electron chi connectivity index (χ0n) is 13.5. The maximum Gasteiger partial charge on any atom is 0.156 e. The normalized spacial score (nSPS) is 11.3. The average Bonchev–Trinajstić information content (AvgIpc) is 2.88. The Morgan fingerprint density at radius 2 is 1.62 bits per heavy atom. The number of imidazole rings is 1. The Bertz CT molecular complexity index is 1130. The molecule has 0 fully saturated rings. The number of nitrogens with zero attached hydrogens (tertiary/aromatic N) is 3. The molecule has 0 bridgehead atoms. The van der Waals surface area contributed by atoms with Crippen molar-refractivity contribution in [1.82, 2.24) is 14.5 Å². The van der Waals surface area contributed by atoms with Crippen LogP contribution >= 0.6 is 11.6 Å². The largest absolute Gasteiger partial charge is 0.279 e. The van der Waals surface area contributed by atoms with Crippen molar-refractivity contribution in [3.8, 4) is 17.1 Å². The molecular weight excluding hydrogens is 363 g/mol. The minimum absolute atomic E-state index is 0.0121. The second kappa shape index (κ2) is 6.14. The van der Waals surface area contributed by atoms with E-state index >= 15 is 0 Å². The Kier molecular flexibility index (Phi) is 3.92. The smallest absolute Gasteiger partial charge is 0.156 e. The van der Waals surface area contributed by atoms with Crippen molar-refractivity contribution in [3.63, 3.8) is 0 Å². The summed E-state index contributed by atoms with van der Waals surface area (Å²) in [6.07, 6.45) is 0. The lowest BCUT2D eigenvalue weighted by molar-refractivity contribution is 0.547. The molecular formula is C19H11ClF3N3. The summed E-state index contributed by atoms with van der Waals surface area (Å²) in [5.74, 6) is -2.33. The van der Waals surface area contributed by atoms with Crippen molar-refractivity contribution in [1.29, 1.82) is 0 Å². The average molecular weight is 374 g/mol. The third kappa shape index (κ3) is 2.63. The molecule has 0 unspecified atom stereocenters. The quantitative estimate of drug-likeness (QED) is 0.466. The molecule has 0 atom stereocenters. The van der Waals surface area contributed by atoms with Crippen LogP contribution in [0.25, 0.3) is 28.0 Å². The standard InChI is InChI=1S/C19H11ClF3N3/c1-10-24-19(20)18(17-13(22)8-12(21)9-14(17)23)26(10)16-7-6-11-4-2-3-5-15(11)25-16/h2-9H,1H3. The molecule has 2 aromatic heterocycles. The van der Waals surface area contributed by atoms with Crippen molar-refractivity contribution in [2.45, 2.75) is 6.92 Å². The second-order valence-electron chi connectivity index (χ2n) is 5.74. The Labute approximate surface area is 151 Å². The SMILES string of the molecule is Cc1nc(Cl)c(-c2c(F)cc(F)cc2F)n1-c1ccc2ccccc2n1. The zero-order chi connectivity index (χ0) is 18.4. The van der Waals surface area contributed by atoms with Crippen LogP contribution in [0.4, 0.5) is 13.2 Å². The number of benzene rings is 2. The van der Waals surface area contributed by atoms with Gasteiger partial charge in [0, 0.05) is 17.5 Å². The monoisotopic (exact) mass is 373 g/mol. The van der Waals surface area contributed by atoms with Gasteiger partial charge in [-0.2, -0.15) is 0 Å². The molecule has 0 radical (unpaired) electrons. The number of hydrogen-bond acceptors (Lipinski definition) is 2. The van der Waals surface area contributed by atoms with Crippen molar-refractivity contribution in [3.05, 3.63) is 77.0 Å². The Morgan fingerprint density at radius 3 is 2.35 bits per heavy atom. The zero-order valence-corrected chi connectivity index (χ0v) is 14.2. The first-order valence-electron chi connectivity index (χ1n) is 7.71. The van der Waals surface area contributed by atoms with E-state index in [0.717, 1.165) is 5.39 Å². The minimum Gasteiger partial charge on any atom is -0.279 e. The van der Waals surface area contributed by atoms with Crippen LogP contribution in [0.15, 0.2) is 48.5 Å². The maximum absolute atomic E-state index is 14.3. The first-order chi connectivity index (χ1) is 12.5. The lowest BCUT2D eigenvalue weighted by Crippen LogP contribution is -2.05. The number of para-hydroxylation sites is 1. The molecule has 0 N–H and O–H groups in total. The Morgan fingerprint density at radius 1 is 0.923 bits per heavy atom. The maximum atomic E-state index is 14.3. The molecule has 2 heterocycles. The fraction of sp³-hybridized carbons (Fsp3) is 0.0526. The van der Waals surface area contributed by atoms with Gasteiger partial charge in [0.2, 0.25) is 0 Å². The van der Waals surface area contributed by atoms with E-state index in [-0.39, 0.29) is 10.8 Å². The van der Waals surface area contributed by atoms with Gasteiger partial charge in [-0.3, -0.25) is 4.57 Å². The molecule has 4 aromatic rings. The van der Waals surface area contributed by atoms with Crippen LogP contribution in [-0.4, -0.2) is 14.5 Å². The molecule has 0 amide bonds. The van der Waals surface area contributed by atoms with Crippen LogP contribution in [-0.2, 0) is 0 Å². The van der Waals surface area contributed by atoms with Crippen LogP contribution in [0, 0.1) is 24.4 Å². The van der Waals surface area contributed by atoms with Crippen LogP contribution in [0.3, 0.4) is 0 Å². The van der Waals surface area contributed by atoms with E-state index in [1.165, 1.54) is 4.57 Å². The summed E-state index contributed by atoms with van der Waals surface area (Å²) in [6, 6.07) is 12.2. The molecule has 130 valence electrons. The van der Waals surface area contributed by atoms with Gasteiger partial charge >= 0.3 is 0 Å². The number of pyridine rings is 1. The van der Waals surface area contributed by atoms with E-state index in [9.17, 15) is 13.2 Å². The molecule has 7 heteroatoms. The van der Waals surface area contributed by atoms with Crippen molar-refractivity contribution in [2.24, 2.45) is 0 Å². The third-order valence-corrected chi connectivity index (χ3v) is 4.32. The highest BCUT2D eigenvalue weighted by Crippen LogP contribution is 2.35. The van der Waals surface area contributed by atoms with Gasteiger partial charge < -0.3 is 0 Å².